The molecule has 0 amide bonds. The lowest BCUT2D eigenvalue weighted by Gasteiger charge is -2.23. The van der Waals surface area contributed by atoms with Crippen molar-refractivity contribution in [1.82, 2.24) is 10.2 Å². The molecule has 0 radical (unpaired) electrons. The third kappa shape index (κ3) is 1.46. The highest BCUT2D eigenvalue weighted by Gasteiger charge is 2.27. The highest BCUT2D eigenvalue weighted by atomic mass is 15.1. The van der Waals surface area contributed by atoms with Gasteiger partial charge in [-0.05, 0) is 31.2 Å². The van der Waals surface area contributed by atoms with Crippen LogP contribution in [0.4, 0.5) is 0 Å². The Morgan fingerprint density at radius 3 is 2.79 bits per heavy atom. The van der Waals surface area contributed by atoms with E-state index < -0.39 is 0 Å². The van der Waals surface area contributed by atoms with Crippen molar-refractivity contribution in [3.05, 3.63) is 17.0 Å². The summed E-state index contributed by atoms with van der Waals surface area (Å²) in [5.74, 6) is 0. The Labute approximate surface area is 85.1 Å². The molecule has 0 saturated carbocycles. The Hall–Kier alpha value is -0.830. The molecular formula is C11H19N3. The molecule has 0 bridgehead atoms. The van der Waals surface area contributed by atoms with Gasteiger partial charge in [-0.1, -0.05) is 13.8 Å². The van der Waals surface area contributed by atoms with Gasteiger partial charge in [0, 0.05) is 17.7 Å². The highest BCUT2D eigenvalue weighted by molar-refractivity contribution is 5.32. The smallest absolute Gasteiger partial charge is 0.0725 e. The normalized spacial score (nSPS) is 16.8. The number of hydrogen-bond acceptors (Lipinski definition) is 2. The predicted octanol–water partition coefficient (Wildman–Crippen LogP) is 1.52. The number of aromatic amines is 1. The Morgan fingerprint density at radius 1 is 1.36 bits per heavy atom. The number of aryl methyl sites for hydroxylation is 1. The van der Waals surface area contributed by atoms with Crippen LogP contribution in [0, 0.1) is 0 Å². The van der Waals surface area contributed by atoms with Crippen LogP contribution in [0.5, 0.6) is 0 Å². The molecule has 0 aliphatic heterocycles. The van der Waals surface area contributed by atoms with E-state index in [1.807, 2.05) is 0 Å². The van der Waals surface area contributed by atoms with E-state index in [-0.39, 0.29) is 5.41 Å². The molecule has 0 aromatic carbocycles. The minimum atomic E-state index is 0.0153. The van der Waals surface area contributed by atoms with Gasteiger partial charge in [0.25, 0.3) is 0 Å². The summed E-state index contributed by atoms with van der Waals surface area (Å²) in [6.45, 7) is 4.99. The van der Waals surface area contributed by atoms with Crippen molar-refractivity contribution in [3.63, 3.8) is 0 Å². The first-order chi connectivity index (χ1) is 6.65. The van der Waals surface area contributed by atoms with Crippen LogP contribution < -0.4 is 5.73 Å². The highest BCUT2D eigenvalue weighted by Crippen LogP contribution is 2.29. The molecule has 0 spiro atoms. The third-order valence-electron chi connectivity index (χ3n) is 3.21. The number of nitrogens with one attached hydrogen (secondary N) is 1. The van der Waals surface area contributed by atoms with Crippen LogP contribution in [0.25, 0.3) is 0 Å². The number of rotatable bonds is 2. The summed E-state index contributed by atoms with van der Waals surface area (Å²) in [7, 11) is 0. The van der Waals surface area contributed by atoms with Gasteiger partial charge < -0.3 is 5.73 Å². The molecular weight excluding hydrogens is 174 g/mol. The summed E-state index contributed by atoms with van der Waals surface area (Å²) in [4.78, 5) is 0. The molecule has 3 N–H and O–H groups in total. The van der Waals surface area contributed by atoms with Gasteiger partial charge in [0.1, 0.15) is 0 Å². The summed E-state index contributed by atoms with van der Waals surface area (Å²) < 4.78 is 0. The van der Waals surface area contributed by atoms with Crippen LogP contribution in [0.3, 0.4) is 0 Å². The molecule has 1 aromatic rings. The van der Waals surface area contributed by atoms with E-state index in [0.717, 1.165) is 6.42 Å². The number of H-pyrrole nitrogens is 1. The average molecular weight is 193 g/mol. The van der Waals surface area contributed by atoms with Crippen LogP contribution in [-0.4, -0.2) is 16.7 Å². The zero-order valence-corrected chi connectivity index (χ0v) is 9.06. The Bertz CT molecular complexity index is 325. The van der Waals surface area contributed by atoms with Crippen molar-refractivity contribution in [2.45, 2.75) is 44.9 Å². The molecule has 1 aliphatic rings. The third-order valence-corrected chi connectivity index (χ3v) is 3.21. The summed E-state index contributed by atoms with van der Waals surface area (Å²) in [6, 6.07) is 0. The molecule has 3 nitrogen and oxygen atoms in total. The minimum absolute atomic E-state index is 0.0153. The van der Waals surface area contributed by atoms with E-state index in [0.29, 0.717) is 6.54 Å². The van der Waals surface area contributed by atoms with Crippen molar-refractivity contribution in [3.8, 4) is 0 Å². The summed E-state index contributed by atoms with van der Waals surface area (Å²) in [5.41, 5.74) is 9.76. The molecule has 3 heteroatoms. The van der Waals surface area contributed by atoms with Gasteiger partial charge in [0.15, 0.2) is 0 Å². The van der Waals surface area contributed by atoms with Crippen molar-refractivity contribution < 1.29 is 0 Å². The van der Waals surface area contributed by atoms with Gasteiger partial charge >= 0.3 is 0 Å². The van der Waals surface area contributed by atoms with Crippen LogP contribution in [0.2, 0.25) is 0 Å². The molecule has 1 aliphatic carbocycles. The fourth-order valence-corrected chi connectivity index (χ4v) is 2.14. The average Bonchev–Trinajstić information content (AvgIpc) is 2.61. The number of aromatic nitrogens is 2. The minimum Gasteiger partial charge on any atom is -0.330 e. The molecule has 1 heterocycles. The van der Waals surface area contributed by atoms with E-state index in [1.54, 1.807) is 0 Å². The van der Waals surface area contributed by atoms with Gasteiger partial charge in [0.2, 0.25) is 0 Å². The van der Waals surface area contributed by atoms with Crippen molar-refractivity contribution >= 4 is 0 Å². The molecule has 2 rings (SSSR count). The zero-order chi connectivity index (χ0) is 10.2. The monoisotopic (exact) mass is 193 g/mol. The van der Waals surface area contributed by atoms with Crippen molar-refractivity contribution in [2.24, 2.45) is 5.73 Å². The standard InChI is InChI=1S/C11H19N3/c1-11(2,7-12)10-8-5-3-4-6-9(8)13-14-10/h3-7,12H2,1-2H3,(H,13,14). The maximum Gasteiger partial charge on any atom is 0.0725 e. The maximum atomic E-state index is 5.78. The molecule has 0 fully saturated rings. The number of nitrogens with zero attached hydrogens (tertiary/aromatic N) is 1. The van der Waals surface area contributed by atoms with E-state index in [1.165, 1.54) is 36.2 Å². The number of nitrogens with two attached hydrogens (primary N) is 1. The second-order valence-electron chi connectivity index (χ2n) is 4.82. The Morgan fingerprint density at radius 2 is 2.07 bits per heavy atom. The Kier molecular flexibility index (Phi) is 2.35. The van der Waals surface area contributed by atoms with Crippen LogP contribution in [-0.2, 0) is 18.3 Å². The van der Waals surface area contributed by atoms with E-state index in [2.05, 4.69) is 24.0 Å². The molecule has 14 heavy (non-hydrogen) atoms. The topological polar surface area (TPSA) is 54.7 Å². The predicted molar refractivity (Wildman–Crippen MR) is 57.3 cm³/mol. The summed E-state index contributed by atoms with van der Waals surface area (Å²) in [5, 5.41) is 7.60. The summed E-state index contributed by atoms with van der Waals surface area (Å²) in [6.07, 6.45) is 4.91. The molecule has 0 atom stereocenters. The molecule has 0 saturated heterocycles. The fraction of sp³-hybridized carbons (Fsp3) is 0.727. The van der Waals surface area contributed by atoms with Gasteiger partial charge in [-0.15, -0.1) is 0 Å². The van der Waals surface area contributed by atoms with Gasteiger partial charge in [-0.25, -0.2) is 0 Å². The van der Waals surface area contributed by atoms with E-state index in [9.17, 15) is 0 Å². The SMILES string of the molecule is CC(C)(CN)c1n[nH]c2c1CCCC2. The van der Waals surface area contributed by atoms with Crippen LogP contribution in [0.1, 0.15) is 43.6 Å². The van der Waals surface area contributed by atoms with Crippen molar-refractivity contribution in [2.75, 3.05) is 6.54 Å². The van der Waals surface area contributed by atoms with Crippen molar-refractivity contribution in [1.29, 1.82) is 0 Å². The zero-order valence-electron chi connectivity index (χ0n) is 9.06. The van der Waals surface area contributed by atoms with Gasteiger partial charge in [-0.3, -0.25) is 5.10 Å². The van der Waals surface area contributed by atoms with Gasteiger partial charge in [-0.2, -0.15) is 5.10 Å². The first-order valence-electron chi connectivity index (χ1n) is 5.42. The lowest BCUT2D eigenvalue weighted by molar-refractivity contribution is 0.512. The molecule has 0 unspecified atom stereocenters. The number of hydrogen-bond donors (Lipinski definition) is 2. The van der Waals surface area contributed by atoms with Crippen LogP contribution in [0.15, 0.2) is 0 Å². The Balaban J connectivity index is 2.39. The second-order valence-corrected chi connectivity index (χ2v) is 4.82. The van der Waals surface area contributed by atoms with E-state index >= 15 is 0 Å². The first kappa shape index (κ1) is 9.71. The summed E-state index contributed by atoms with van der Waals surface area (Å²) >= 11 is 0. The van der Waals surface area contributed by atoms with Crippen LogP contribution >= 0.6 is 0 Å². The lowest BCUT2D eigenvalue weighted by Crippen LogP contribution is -2.30. The van der Waals surface area contributed by atoms with Gasteiger partial charge in [0.05, 0.1) is 5.69 Å². The lowest BCUT2D eigenvalue weighted by atomic mass is 9.83. The largest absolute Gasteiger partial charge is 0.330 e. The number of fused-ring (bicyclic) bond motifs is 1. The van der Waals surface area contributed by atoms with E-state index in [4.69, 9.17) is 5.73 Å². The second kappa shape index (κ2) is 3.39. The molecule has 1 aromatic heterocycles. The molecule has 78 valence electrons. The first-order valence-corrected chi connectivity index (χ1v) is 5.42. The maximum absolute atomic E-state index is 5.78. The quantitative estimate of drug-likeness (QED) is 0.748. The fourth-order valence-electron chi connectivity index (χ4n) is 2.14.